The van der Waals surface area contributed by atoms with Crippen molar-refractivity contribution in [1.29, 1.82) is 0 Å². The molecular weight excluding hydrogens is 281 g/mol. The van der Waals surface area contributed by atoms with Crippen molar-refractivity contribution in [3.05, 3.63) is 65.5 Å². The molecular formula is C14H12FNO3S. The van der Waals surface area contributed by atoms with Gasteiger partial charge in [-0.3, -0.25) is 9.52 Å². The van der Waals surface area contributed by atoms with Crippen LogP contribution in [0.15, 0.2) is 48.5 Å². The first-order valence-corrected chi connectivity index (χ1v) is 7.63. The fourth-order valence-corrected chi connectivity index (χ4v) is 2.27. The predicted octanol–water partition coefficient (Wildman–Crippen LogP) is 2.43. The molecule has 0 aromatic heterocycles. The van der Waals surface area contributed by atoms with Gasteiger partial charge >= 0.3 is 0 Å². The average Bonchev–Trinajstić information content (AvgIpc) is 2.37. The maximum atomic E-state index is 13.5. The van der Waals surface area contributed by atoms with E-state index in [9.17, 15) is 17.6 Å². The van der Waals surface area contributed by atoms with Crippen molar-refractivity contribution in [1.82, 2.24) is 0 Å². The second-order valence-corrected chi connectivity index (χ2v) is 6.01. The second-order valence-electron chi connectivity index (χ2n) is 4.26. The van der Waals surface area contributed by atoms with Gasteiger partial charge in [0.1, 0.15) is 5.82 Å². The van der Waals surface area contributed by atoms with Crippen molar-refractivity contribution in [2.45, 2.75) is 0 Å². The van der Waals surface area contributed by atoms with Gasteiger partial charge in [0.2, 0.25) is 10.0 Å². The van der Waals surface area contributed by atoms with Crippen LogP contribution >= 0.6 is 0 Å². The zero-order valence-corrected chi connectivity index (χ0v) is 11.4. The monoisotopic (exact) mass is 293 g/mol. The summed E-state index contributed by atoms with van der Waals surface area (Å²) < 4.78 is 37.9. The Labute approximate surface area is 116 Å². The Hall–Kier alpha value is -2.21. The highest BCUT2D eigenvalue weighted by molar-refractivity contribution is 7.92. The van der Waals surface area contributed by atoms with Gasteiger partial charge in [-0.25, -0.2) is 12.8 Å². The van der Waals surface area contributed by atoms with Gasteiger partial charge in [-0.2, -0.15) is 0 Å². The van der Waals surface area contributed by atoms with Crippen molar-refractivity contribution in [3.8, 4) is 0 Å². The van der Waals surface area contributed by atoms with Gasteiger partial charge in [-0.15, -0.1) is 0 Å². The first-order valence-electron chi connectivity index (χ1n) is 5.74. The summed E-state index contributed by atoms with van der Waals surface area (Å²) in [5, 5.41) is 0. The van der Waals surface area contributed by atoms with Gasteiger partial charge in [0, 0.05) is 11.3 Å². The summed E-state index contributed by atoms with van der Waals surface area (Å²) >= 11 is 0. The Morgan fingerprint density at radius 1 is 1.05 bits per heavy atom. The number of ketones is 1. The zero-order chi connectivity index (χ0) is 14.8. The molecule has 20 heavy (non-hydrogen) atoms. The zero-order valence-electron chi connectivity index (χ0n) is 10.6. The van der Waals surface area contributed by atoms with Crippen molar-refractivity contribution >= 4 is 21.5 Å². The Morgan fingerprint density at radius 2 is 1.65 bits per heavy atom. The summed E-state index contributed by atoms with van der Waals surface area (Å²) in [6, 6.07) is 11.5. The molecule has 0 spiro atoms. The lowest BCUT2D eigenvalue weighted by Crippen LogP contribution is -2.10. The molecule has 0 atom stereocenters. The highest BCUT2D eigenvalue weighted by atomic mass is 32.2. The van der Waals surface area contributed by atoms with E-state index in [-0.39, 0.29) is 11.1 Å². The number of halogens is 1. The topological polar surface area (TPSA) is 63.2 Å². The molecule has 0 aliphatic rings. The van der Waals surface area contributed by atoms with E-state index < -0.39 is 21.6 Å². The molecule has 6 heteroatoms. The van der Waals surface area contributed by atoms with Crippen LogP contribution in [0.3, 0.4) is 0 Å². The Balaban J connectivity index is 2.27. The van der Waals surface area contributed by atoms with Gasteiger partial charge in [0.15, 0.2) is 5.78 Å². The van der Waals surface area contributed by atoms with Gasteiger partial charge in [0.05, 0.1) is 11.8 Å². The highest BCUT2D eigenvalue weighted by Crippen LogP contribution is 2.16. The van der Waals surface area contributed by atoms with E-state index in [4.69, 9.17) is 0 Å². The molecule has 2 aromatic carbocycles. The minimum absolute atomic E-state index is 0.0173. The van der Waals surface area contributed by atoms with Crippen LogP contribution in [0.4, 0.5) is 10.1 Å². The molecule has 0 fully saturated rings. The van der Waals surface area contributed by atoms with Crippen molar-refractivity contribution < 1.29 is 17.6 Å². The number of carbonyl (C=O) groups excluding carboxylic acids is 1. The molecule has 0 amide bonds. The summed E-state index contributed by atoms with van der Waals surface area (Å²) in [5.41, 5.74) is 0.614. The predicted molar refractivity (Wildman–Crippen MR) is 74.7 cm³/mol. The quantitative estimate of drug-likeness (QED) is 0.881. The van der Waals surface area contributed by atoms with E-state index >= 15 is 0 Å². The van der Waals surface area contributed by atoms with Crippen LogP contribution in [0.1, 0.15) is 15.9 Å². The molecule has 0 aliphatic heterocycles. The summed E-state index contributed by atoms with van der Waals surface area (Å²) in [4.78, 5) is 12.1. The average molecular weight is 293 g/mol. The van der Waals surface area contributed by atoms with Crippen LogP contribution in [0, 0.1) is 5.82 Å². The van der Waals surface area contributed by atoms with Crippen LogP contribution in [0.25, 0.3) is 0 Å². The smallest absolute Gasteiger partial charge is 0.229 e. The lowest BCUT2D eigenvalue weighted by atomic mass is 10.0. The van der Waals surface area contributed by atoms with Crippen LogP contribution in [0.2, 0.25) is 0 Å². The van der Waals surface area contributed by atoms with E-state index in [0.29, 0.717) is 5.69 Å². The van der Waals surface area contributed by atoms with Crippen molar-refractivity contribution in [3.63, 3.8) is 0 Å². The molecule has 0 aliphatic carbocycles. The van der Waals surface area contributed by atoms with E-state index in [0.717, 1.165) is 6.26 Å². The second kappa shape index (κ2) is 5.42. The maximum absolute atomic E-state index is 13.5. The number of rotatable bonds is 4. The number of nitrogens with one attached hydrogen (secondary N) is 1. The third kappa shape index (κ3) is 3.42. The molecule has 104 valence electrons. The van der Waals surface area contributed by atoms with Crippen LogP contribution < -0.4 is 4.72 Å². The number of anilines is 1. The van der Waals surface area contributed by atoms with E-state index in [2.05, 4.69) is 4.72 Å². The molecule has 2 aromatic rings. The van der Waals surface area contributed by atoms with E-state index in [1.54, 1.807) is 6.07 Å². The Morgan fingerprint density at radius 3 is 2.20 bits per heavy atom. The lowest BCUT2D eigenvalue weighted by molar-refractivity contribution is 0.103. The number of hydrogen-bond acceptors (Lipinski definition) is 3. The summed E-state index contributed by atoms with van der Waals surface area (Å²) in [6.45, 7) is 0. The van der Waals surface area contributed by atoms with Crippen LogP contribution in [-0.4, -0.2) is 20.5 Å². The molecule has 0 radical (unpaired) electrons. The van der Waals surface area contributed by atoms with E-state index in [1.165, 1.54) is 42.5 Å². The van der Waals surface area contributed by atoms with Gasteiger partial charge in [0.25, 0.3) is 0 Å². The normalized spacial score (nSPS) is 11.1. The first-order chi connectivity index (χ1) is 9.37. The minimum Gasteiger partial charge on any atom is -0.288 e. The first kappa shape index (κ1) is 14.2. The van der Waals surface area contributed by atoms with Crippen molar-refractivity contribution in [2.24, 2.45) is 0 Å². The lowest BCUT2D eigenvalue weighted by Gasteiger charge is -2.06. The summed E-state index contributed by atoms with van der Waals surface area (Å²) in [5.74, 6) is -1.04. The molecule has 4 nitrogen and oxygen atoms in total. The number of sulfonamides is 1. The highest BCUT2D eigenvalue weighted by Gasteiger charge is 2.13. The molecule has 0 saturated carbocycles. The number of hydrogen-bond donors (Lipinski definition) is 1. The van der Waals surface area contributed by atoms with Gasteiger partial charge in [-0.1, -0.05) is 12.1 Å². The van der Waals surface area contributed by atoms with Crippen molar-refractivity contribution in [2.75, 3.05) is 11.0 Å². The fourth-order valence-electron chi connectivity index (χ4n) is 1.70. The fraction of sp³-hybridized carbons (Fsp3) is 0.0714. The molecule has 0 bridgehead atoms. The third-order valence-electron chi connectivity index (χ3n) is 2.57. The van der Waals surface area contributed by atoms with Gasteiger partial charge < -0.3 is 0 Å². The van der Waals surface area contributed by atoms with Crippen LogP contribution in [-0.2, 0) is 10.0 Å². The SMILES string of the molecule is CS(=O)(=O)Nc1ccc(C(=O)c2ccccc2F)cc1. The Bertz CT molecular complexity index is 739. The molecule has 2 rings (SSSR count). The number of carbonyl (C=O) groups is 1. The summed E-state index contributed by atoms with van der Waals surface area (Å²) in [6.07, 6.45) is 1.03. The maximum Gasteiger partial charge on any atom is 0.229 e. The molecule has 0 unspecified atom stereocenters. The summed E-state index contributed by atoms with van der Waals surface area (Å²) in [7, 11) is -3.36. The third-order valence-corrected chi connectivity index (χ3v) is 3.18. The Kier molecular flexibility index (Phi) is 3.85. The van der Waals surface area contributed by atoms with Gasteiger partial charge in [-0.05, 0) is 36.4 Å². The molecule has 0 heterocycles. The molecule has 0 saturated heterocycles. The standard InChI is InChI=1S/C14H12FNO3S/c1-20(18,19)16-11-8-6-10(7-9-11)14(17)12-4-2-3-5-13(12)15/h2-9,16H,1H3. The van der Waals surface area contributed by atoms with Crippen LogP contribution in [0.5, 0.6) is 0 Å². The largest absolute Gasteiger partial charge is 0.288 e. The molecule has 1 N–H and O–H groups in total. The van der Waals surface area contributed by atoms with E-state index in [1.807, 2.05) is 0 Å². The minimum atomic E-state index is -3.36. The number of benzene rings is 2.